The first-order valence-electron chi connectivity index (χ1n) is 25.0. The highest BCUT2D eigenvalue weighted by Crippen LogP contribution is 2.58. The minimum atomic E-state index is -0.245. The van der Waals surface area contributed by atoms with Gasteiger partial charge in [-0.2, -0.15) is 0 Å². The van der Waals surface area contributed by atoms with Gasteiger partial charge < -0.3 is 18.7 Å². The molecule has 10 aromatic carbocycles. The van der Waals surface area contributed by atoms with Crippen LogP contribution in [0.25, 0.3) is 76.8 Å². The number of aryl methyl sites for hydroxylation is 1. The van der Waals surface area contributed by atoms with Crippen molar-refractivity contribution in [1.29, 1.82) is 0 Å². The molecule has 0 bridgehead atoms. The van der Waals surface area contributed by atoms with Gasteiger partial charge in [0.15, 0.2) is 5.58 Å². The van der Waals surface area contributed by atoms with Gasteiger partial charge in [-0.15, -0.1) is 0 Å². The van der Waals surface area contributed by atoms with E-state index in [4.69, 9.17) is 4.42 Å². The standard InChI is InChI=1S/C65H48BN3O/c1-4-5-17-40-30-33-43(34-31-40)67(42-19-7-6-8-20-42)44-35-37-55-54(38-44)66-61-51(47-24-15-26-50-59-45-21-10-9-18-41(45)32-36-56(59)69(66)62(47)50)39-53-60(49-23-11-13-27-52(49)65(53,2)3)63(61)68(55)57-28-16-25-48-46-22-12-14-29-58(46)70-64(48)57/h6-16,18-39H,4-5,17H2,1-3H3. The molecular formula is C65H48BN3O. The number of fused-ring (bicyclic) bond motifs is 16. The monoisotopic (exact) mass is 897 g/mol. The third-order valence-electron chi connectivity index (χ3n) is 16.1. The molecule has 0 saturated carbocycles. The zero-order valence-corrected chi connectivity index (χ0v) is 39.5. The minimum Gasteiger partial charge on any atom is -0.454 e. The Hall–Kier alpha value is -8.28. The predicted molar refractivity (Wildman–Crippen MR) is 296 cm³/mol. The largest absolute Gasteiger partial charge is 0.454 e. The second-order valence-corrected chi connectivity index (χ2v) is 20.2. The van der Waals surface area contributed by atoms with Gasteiger partial charge in [-0.3, -0.25) is 0 Å². The van der Waals surface area contributed by atoms with Gasteiger partial charge in [0.05, 0.1) is 11.4 Å². The summed E-state index contributed by atoms with van der Waals surface area (Å²) in [6.45, 7) is 6.94. The molecule has 0 atom stereocenters. The number of aromatic nitrogens is 1. The normalized spacial score (nSPS) is 13.9. The lowest BCUT2D eigenvalue weighted by Crippen LogP contribution is -2.57. The van der Waals surface area contributed by atoms with Crippen LogP contribution >= 0.6 is 0 Å². The van der Waals surface area contributed by atoms with Crippen LogP contribution in [0.3, 0.4) is 0 Å². The van der Waals surface area contributed by atoms with Crippen molar-refractivity contribution >= 4 is 106 Å². The summed E-state index contributed by atoms with van der Waals surface area (Å²) < 4.78 is 9.76. The third-order valence-corrected chi connectivity index (χ3v) is 16.1. The summed E-state index contributed by atoms with van der Waals surface area (Å²) in [5.74, 6) is 0. The molecule has 5 heteroatoms. The molecule has 0 saturated heterocycles. The molecule has 0 N–H and O–H groups in total. The molecule has 15 rings (SSSR count). The Kier molecular flexibility index (Phi) is 8.29. The van der Waals surface area contributed by atoms with E-state index < -0.39 is 0 Å². The molecule has 4 heterocycles. The van der Waals surface area contributed by atoms with Crippen LogP contribution in [0.4, 0.5) is 34.1 Å². The highest BCUT2D eigenvalue weighted by Gasteiger charge is 2.48. The van der Waals surface area contributed by atoms with E-state index in [9.17, 15) is 0 Å². The average molecular weight is 898 g/mol. The van der Waals surface area contributed by atoms with E-state index in [0.717, 1.165) is 56.8 Å². The third kappa shape index (κ3) is 5.32. The Morgan fingerprint density at radius 3 is 2.14 bits per heavy atom. The number of hydrogen-bond donors (Lipinski definition) is 0. The number of para-hydroxylation sites is 4. The molecule has 0 unspecified atom stereocenters. The van der Waals surface area contributed by atoms with Gasteiger partial charge in [-0.05, 0) is 129 Å². The fraction of sp³-hybridized carbons (Fsp3) is 0.108. The number of benzene rings is 10. The second kappa shape index (κ2) is 14.6. The lowest BCUT2D eigenvalue weighted by atomic mass is 9.44. The number of nitrogens with zero attached hydrogens (tertiary/aromatic N) is 3. The second-order valence-electron chi connectivity index (χ2n) is 20.2. The molecule has 2 aromatic heterocycles. The molecular weight excluding hydrogens is 850 g/mol. The van der Waals surface area contributed by atoms with Crippen LogP contribution in [0.5, 0.6) is 0 Å². The fourth-order valence-electron chi connectivity index (χ4n) is 13.0. The van der Waals surface area contributed by atoms with E-state index in [0.29, 0.717) is 0 Å². The van der Waals surface area contributed by atoms with Crippen LogP contribution in [0.15, 0.2) is 205 Å². The first-order valence-corrected chi connectivity index (χ1v) is 25.0. The summed E-state index contributed by atoms with van der Waals surface area (Å²) in [7, 11) is 0. The van der Waals surface area contributed by atoms with Gasteiger partial charge in [0.2, 0.25) is 0 Å². The van der Waals surface area contributed by atoms with E-state index in [1.54, 1.807) is 0 Å². The molecule has 3 aliphatic rings. The van der Waals surface area contributed by atoms with Gasteiger partial charge in [-0.25, -0.2) is 0 Å². The van der Waals surface area contributed by atoms with E-state index in [1.165, 1.54) is 101 Å². The van der Waals surface area contributed by atoms with Crippen molar-refractivity contribution in [3.8, 4) is 22.3 Å². The molecule has 0 spiro atoms. The molecule has 0 amide bonds. The van der Waals surface area contributed by atoms with Crippen LogP contribution < -0.4 is 20.7 Å². The Labute approximate surface area is 407 Å². The smallest absolute Gasteiger partial charge is 0.333 e. The molecule has 2 aliphatic heterocycles. The van der Waals surface area contributed by atoms with Crippen molar-refractivity contribution < 1.29 is 4.42 Å². The van der Waals surface area contributed by atoms with Gasteiger partial charge in [0.1, 0.15) is 5.58 Å². The summed E-state index contributed by atoms with van der Waals surface area (Å²) in [6, 6.07) is 75.0. The summed E-state index contributed by atoms with van der Waals surface area (Å²) in [5, 5.41) is 7.38. The molecule has 0 fully saturated rings. The van der Waals surface area contributed by atoms with Crippen LogP contribution in [0.2, 0.25) is 0 Å². The molecule has 1 aliphatic carbocycles. The number of unbranched alkanes of at least 4 members (excludes halogenated alkanes) is 1. The number of rotatable bonds is 7. The zero-order chi connectivity index (χ0) is 46.4. The van der Waals surface area contributed by atoms with Crippen LogP contribution in [0, 0.1) is 0 Å². The Balaban J connectivity index is 1.10. The Morgan fingerprint density at radius 1 is 0.557 bits per heavy atom. The van der Waals surface area contributed by atoms with E-state index >= 15 is 0 Å². The van der Waals surface area contributed by atoms with Gasteiger partial charge in [-0.1, -0.05) is 161 Å². The molecule has 70 heavy (non-hydrogen) atoms. The van der Waals surface area contributed by atoms with Gasteiger partial charge in [0, 0.05) is 71.9 Å². The van der Waals surface area contributed by atoms with Crippen molar-refractivity contribution in [2.45, 2.75) is 45.4 Å². The maximum Gasteiger partial charge on any atom is 0.333 e. The van der Waals surface area contributed by atoms with E-state index in [1.807, 2.05) is 0 Å². The Bertz CT molecular complexity index is 4160. The molecule has 332 valence electrons. The van der Waals surface area contributed by atoms with E-state index in [2.05, 4.69) is 235 Å². The average Bonchev–Trinajstić information content (AvgIpc) is 4.03. The SMILES string of the molecule is CCCCc1ccc(N(c2ccccc2)c2ccc3c(c2)B2c4c(cc5c(c4N3c3cccc4c3oc3ccccc34)-c3ccccc3C5(C)C)-c3cccc4c5c6ccccc6ccc5n2c34)cc1. The summed E-state index contributed by atoms with van der Waals surface area (Å²) in [6.07, 6.45) is 3.44. The highest BCUT2D eigenvalue weighted by molar-refractivity contribution is 6.90. The topological polar surface area (TPSA) is 24.6 Å². The number of hydrogen-bond acceptors (Lipinski definition) is 3. The van der Waals surface area contributed by atoms with Crippen molar-refractivity contribution in [2.24, 2.45) is 0 Å². The maximum absolute atomic E-state index is 7.04. The summed E-state index contributed by atoms with van der Waals surface area (Å²) >= 11 is 0. The minimum absolute atomic E-state index is 0.169. The predicted octanol–water partition coefficient (Wildman–Crippen LogP) is 16.4. The van der Waals surface area contributed by atoms with Crippen molar-refractivity contribution in [1.82, 2.24) is 4.48 Å². The van der Waals surface area contributed by atoms with Crippen molar-refractivity contribution in [3.05, 3.63) is 217 Å². The first-order chi connectivity index (χ1) is 34.5. The van der Waals surface area contributed by atoms with Crippen LogP contribution in [-0.4, -0.2) is 11.3 Å². The maximum atomic E-state index is 7.04. The fourth-order valence-corrected chi connectivity index (χ4v) is 13.0. The van der Waals surface area contributed by atoms with Crippen molar-refractivity contribution in [2.75, 3.05) is 9.80 Å². The van der Waals surface area contributed by atoms with E-state index in [-0.39, 0.29) is 12.3 Å². The highest BCUT2D eigenvalue weighted by atomic mass is 16.3. The quantitative estimate of drug-likeness (QED) is 0.149. The molecule has 4 nitrogen and oxygen atoms in total. The van der Waals surface area contributed by atoms with Crippen molar-refractivity contribution in [3.63, 3.8) is 0 Å². The van der Waals surface area contributed by atoms with Gasteiger partial charge >= 0.3 is 6.85 Å². The first kappa shape index (κ1) is 39.7. The summed E-state index contributed by atoms with van der Waals surface area (Å²) in [5.41, 5.74) is 22.7. The molecule has 0 radical (unpaired) electrons. The Morgan fingerprint density at radius 2 is 1.27 bits per heavy atom. The lowest BCUT2D eigenvalue weighted by molar-refractivity contribution is 0.660. The van der Waals surface area contributed by atoms with Crippen LogP contribution in [-0.2, 0) is 11.8 Å². The molecule has 12 aromatic rings. The zero-order valence-electron chi connectivity index (χ0n) is 39.5. The van der Waals surface area contributed by atoms with Gasteiger partial charge in [0.25, 0.3) is 0 Å². The lowest BCUT2D eigenvalue weighted by Gasteiger charge is -2.42. The van der Waals surface area contributed by atoms with Crippen LogP contribution in [0.1, 0.15) is 50.3 Å². The number of anilines is 6. The number of furan rings is 1. The summed E-state index contributed by atoms with van der Waals surface area (Å²) in [4.78, 5) is 5.04.